The summed E-state index contributed by atoms with van der Waals surface area (Å²) >= 11 is 0. The summed E-state index contributed by atoms with van der Waals surface area (Å²) in [5, 5.41) is 6.88. The van der Waals surface area contributed by atoms with Crippen LogP contribution in [0.4, 0.5) is 0 Å². The molecule has 1 amide bonds. The number of hydrogen-bond donors (Lipinski definition) is 1. The highest BCUT2D eigenvalue weighted by molar-refractivity contribution is 5.76. The molecule has 0 saturated carbocycles. The Balaban J connectivity index is 1.37. The van der Waals surface area contributed by atoms with Crippen molar-refractivity contribution in [3.8, 4) is 0 Å². The van der Waals surface area contributed by atoms with Gasteiger partial charge in [-0.25, -0.2) is 0 Å². The van der Waals surface area contributed by atoms with E-state index < -0.39 is 0 Å². The van der Waals surface area contributed by atoms with E-state index in [2.05, 4.69) is 58.5 Å². The summed E-state index contributed by atoms with van der Waals surface area (Å²) in [6.07, 6.45) is 5.23. The highest BCUT2D eigenvalue weighted by Crippen LogP contribution is 2.18. The molecule has 1 aliphatic heterocycles. The van der Waals surface area contributed by atoms with Crippen LogP contribution in [0.15, 0.2) is 28.8 Å². The lowest BCUT2D eigenvalue weighted by molar-refractivity contribution is -0.121. The molecule has 0 aliphatic carbocycles. The lowest BCUT2D eigenvalue weighted by Crippen LogP contribution is -2.32. The quantitative estimate of drug-likeness (QED) is 0.716. The number of amides is 1. The van der Waals surface area contributed by atoms with Crippen LogP contribution in [0.3, 0.4) is 0 Å². The zero-order chi connectivity index (χ0) is 19.8. The molecule has 1 aliphatic rings. The van der Waals surface area contributed by atoms with E-state index in [0.29, 0.717) is 25.3 Å². The summed E-state index contributed by atoms with van der Waals surface area (Å²) in [6.45, 7) is 8.36. The number of likely N-dealkylation sites (tertiary alicyclic amines) is 1. The van der Waals surface area contributed by atoms with Gasteiger partial charge in [0.2, 0.25) is 11.8 Å². The number of nitrogens with one attached hydrogen (secondary N) is 1. The maximum Gasteiger partial charge on any atom is 0.227 e. The van der Waals surface area contributed by atoms with Crippen LogP contribution in [0, 0.1) is 5.92 Å². The van der Waals surface area contributed by atoms with E-state index in [9.17, 15) is 4.79 Å². The topological polar surface area (TPSA) is 71.3 Å². The first kappa shape index (κ1) is 20.5. The van der Waals surface area contributed by atoms with Gasteiger partial charge in [0.05, 0.1) is 0 Å². The minimum absolute atomic E-state index is 0.00162. The molecule has 0 spiro atoms. The Hall–Kier alpha value is -2.21. The number of carbonyl (C=O) groups is 1. The Bertz CT molecular complexity index is 733. The molecule has 1 aromatic carbocycles. The summed E-state index contributed by atoms with van der Waals surface area (Å²) in [7, 11) is 0. The maximum absolute atomic E-state index is 12.1. The monoisotopic (exact) mass is 384 g/mol. The third kappa shape index (κ3) is 6.44. The van der Waals surface area contributed by atoms with Gasteiger partial charge in [-0.15, -0.1) is 0 Å². The molecular formula is C22H32N4O2. The second-order valence-electron chi connectivity index (χ2n) is 7.91. The number of benzene rings is 1. The van der Waals surface area contributed by atoms with Crippen molar-refractivity contribution < 1.29 is 9.32 Å². The van der Waals surface area contributed by atoms with Gasteiger partial charge in [0, 0.05) is 32.4 Å². The molecule has 28 heavy (non-hydrogen) atoms. The summed E-state index contributed by atoms with van der Waals surface area (Å²) in [5.41, 5.74) is 2.45. The van der Waals surface area contributed by atoms with Gasteiger partial charge in [-0.1, -0.05) is 43.3 Å². The number of hydrogen-bond acceptors (Lipinski definition) is 5. The normalized spacial score (nSPS) is 15.6. The molecule has 2 heterocycles. The molecule has 0 radical (unpaired) electrons. The van der Waals surface area contributed by atoms with Crippen molar-refractivity contribution in [3.05, 3.63) is 47.1 Å². The first-order valence-electron chi connectivity index (χ1n) is 10.5. The van der Waals surface area contributed by atoms with Gasteiger partial charge in [0.15, 0.2) is 5.82 Å². The minimum Gasteiger partial charge on any atom is -0.352 e. The van der Waals surface area contributed by atoms with E-state index in [-0.39, 0.29) is 5.91 Å². The smallest absolute Gasteiger partial charge is 0.227 e. The van der Waals surface area contributed by atoms with Crippen molar-refractivity contribution in [2.75, 3.05) is 13.1 Å². The molecule has 0 unspecified atom stereocenters. The van der Waals surface area contributed by atoms with E-state index in [4.69, 9.17) is 4.52 Å². The standard InChI is InChI=1S/C22H32N4O2/c1-3-4-20-24-22(28-25-20)10-9-21(27)23-15-18-5-7-19(8-6-18)16-26-13-11-17(2)12-14-26/h5-8,17H,3-4,9-16H2,1-2H3,(H,23,27). The van der Waals surface area contributed by atoms with Gasteiger partial charge in [0.1, 0.15) is 0 Å². The van der Waals surface area contributed by atoms with Crippen molar-refractivity contribution in [1.82, 2.24) is 20.4 Å². The minimum atomic E-state index is 0.00162. The third-order valence-corrected chi connectivity index (χ3v) is 5.34. The van der Waals surface area contributed by atoms with Crippen LogP contribution in [0.5, 0.6) is 0 Å². The van der Waals surface area contributed by atoms with Gasteiger partial charge >= 0.3 is 0 Å². The first-order chi connectivity index (χ1) is 13.6. The lowest BCUT2D eigenvalue weighted by Gasteiger charge is -2.30. The molecule has 1 N–H and O–H groups in total. The number of carbonyl (C=O) groups excluding carboxylic acids is 1. The molecule has 0 bridgehead atoms. The Morgan fingerprint density at radius 2 is 1.89 bits per heavy atom. The van der Waals surface area contributed by atoms with E-state index in [1.54, 1.807) is 0 Å². The maximum atomic E-state index is 12.1. The molecule has 6 heteroatoms. The highest BCUT2D eigenvalue weighted by atomic mass is 16.5. The van der Waals surface area contributed by atoms with Crippen LogP contribution in [-0.2, 0) is 30.7 Å². The molecule has 6 nitrogen and oxygen atoms in total. The highest BCUT2D eigenvalue weighted by Gasteiger charge is 2.15. The fourth-order valence-corrected chi connectivity index (χ4v) is 3.47. The van der Waals surface area contributed by atoms with Crippen LogP contribution >= 0.6 is 0 Å². The molecule has 2 aromatic rings. The SMILES string of the molecule is CCCc1noc(CCC(=O)NCc2ccc(CN3CCC(C)CC3)cc2)n1. The van der Waals surface area contributed by atoms with E-state index in [1.165, 1.54) is 31.5 Å². The van der Waals surface area contributed by atoms with Gasteiger partial charge in [0.25, 0.3) is 0 Å². The lowest BCUT2D eigenvalue weighted by atomic mass is 9.99. The fraction of sp³-hybridized carbons (Fsp3) is 0.591. The summed E-state index contributed by atoms with van der Waals surface area (Å²) in [6, 6.07) is 8.56. The summed E-state index contributed by atoms with van der Waals surface area (Å²) in [5.74, 6) is 2.12. The van der Waals surface area contributed by atoms with Gasteiger partial charge in [-0.05, 0) is 49.4 Å². The van der Waals surface area contributed by atoms with Gasteiger partial charge in [-0.3, -0.25) is 9.69 Å². The van der Waals surface area contributed by atoms with Crippen LogP contribution in [0.25, 0.3) is 0 Å². The number of rotatable bonds is 9. The predicted octanol–water partition coefficient (Wildman–Crippen LogP) is 3.50. The average Bonchev–Trinajstić information content (AvgIpc) is 3.15. The van der Waals surface area contributed by atoms with Crippen LogP contribution in [-0.4, -0.2) is 34.0 Å². The van der Waals surface area contributed by atoms with Crippen molar-refractivity contribution in [3.63, 3.8) is 0 Å². The number of aromatic nitrogens is 2. The Morgan fingerprint density at radius 3 is 2.61 bits per heavy atom. The summed E-state index contributed by atoms with van der Waals surface area (Å²) < 4.78 is 5.17. The average molecular weight is 385 g/mol. The first-order valence-corrected chi connectivity index (χ1v) is 10.5. The van der Waals surface area contributed by atoms with E-state index in [1.807, 2.05) is 0 Å². The molecule has 3 rings (SSSR count). The number of piperidine rings is 1. The molecule has 1 fully saturated rings. The zero-order valence-electron chi connectivity index (χ0n) is 17.1. The predicted molar refractivity (Wildman–Crippen MR) is 109 cm³/mol. The molecule has 152 valence electrons. The largest absolute Gasteiger partial charge is 0.352 e. The summed E-state index contributed by atoms with van der Waals surface area (Å²) in [4.78, 5) is 18.9. The van der Waals surface area contributed by atoms with E-state index >= 15 is 0 Å². The van der Waals surface area contributed by atoms with Crippen LogP contribution in [0.1, 0.15) is 62.4 Å². The van der Waals surface area contributed by atoms with Crippen molar-refractivity contribution >= 4 is 5.91 Å². The van der Waals surface area contributed by atoms with Gasteiger partial charge in [-0.2, -0.15) is 4.98 Å². The molecular weight excluding hydrogens is 352 g/mol. The zero-order valence-corrected chi connectivity index (χ0v) is 17.1. The Kier molecular flexibility index (Phi) is 7.60. The number of aryl methyl sites for hydroxylation is 2. The van der Waals surface area contributed by atoms with Crippen molar-refractivity contribution in [1.29, 1.82) is 0 Å². The Labute approximate surface area is 167 Å². The second-order valence-corrected chi connectivity index (χ2v) is 7.91. The van der Waals surface area contributed by atoms with Gasteiger partial charge < -0.3 is 9.84 Å². The van der Waals surface area contributed by atoms with Crippen LogP contribution in [0.2, 0.25) is 0 Å². The second kappa shape index (κ2) is 10.4. The fourth-order valence-electron chi connectivity index (χ4n) is 3.47. The molecule has 1 aromatic heterocycles. The Morgan fingerprint density at radius 1 is 1.18 bits per heavy atom. The van der Waals surface area contributed by atoms with Crippen molar-refractivity contribution in [2.24, 2.45) is 5.92 Å². The molecule has 1 saturated heterocycles. The third-order valence-electron chi connectivity index (χ3n) is 5.34. The van der Waals surface area contributed by atoms with Crippen molar-refractivity contribution in [2.45, 2.75) is 65.5 Å². The van der Waals surface area contributed by atoms with Crippen LogP contribution < -0.4 is 5.32 Å². The van der Waals surface area contributed by atoms with E-state index in [0.717, 1.165) is 36.7 Å². The number of nitrogens with zero attached hydrogens (tertiary/aromatic N) is 3. The molecule has 0 atom stereocenters.